The summed E-state index contributed by atoms with van der Waals surface area (Å²) >= 11 is 1.59. The number of aromatic nitrogens is 2. The first-order chi connectivity index (χ1) is 26.6. The van der Waals surface area contributed by atoms with E-state index in [9.17, 15) is 19.2 Å². The van der Waals surface area contributed by atoms with Gasteiger partial charge in [-0.1, -0.05) is 18.2 Å². The first-order valence-corrected chi connectivity index (χ1v) is 19.0. The zero-order valence-electron chi connectivity index (χ0n) is 30.9. The number of pyridine rings is 1. The van der Waals surface area contributed by atoms with Crippen LogP contribution in [0.4, 0.5) is 11.5 Å². The van der Waals surface area contributed by atoms with Gasteiger partial charge in [-0.2, -0.15) is 0 Å². The van der Waals surface area contributed by atoms with E-state index < -0.39 is 11.9 Å². The molecule has 2 aliphatic rings. The Morgan fingerprint density at radius 3 is 2.47 bits per heavy atom. The van der Waals surface area contributed by atoms with Crippen molar-refractivity contribution in [2.75, 3.05) is 57.3 Å². The van der Waals surface area contributed by atoms with Gasteiger partial charge in [0.2, 0.25) is 17.7 Å². The maximum absolute atomic E-state index is 12.9. The Balaban J connectivity index is 0.798. The summed E-state index contributed by atoms with van der Waals surface area (Å²) in [6.45, 7) is 3.94. The molecule has 3 aromatic carbocycles. The average molecular weight is 763 g/mol. The van der Waals surface area contributed by atoms with Crippen molar-refractivity contribution in [3.63, 3.8) is 0 Å². The second kappa shape index (κ2) is 16.8. The van der Waals surface area contributed by atoms with E-state index in [2.05, 4.69) is 46.8 Å². The van der Waals surface area contributed by atoms with E-state index in [1.807, 2.05) is 49.5 Å². The molecule has 0 radical (unpaired) electrons. The smallest absolute Gasteiger partial charge is 0.255 e. The summed E-state index contributed by atoms with van der Waals surface area (Å²) < 4.78 is 18.0. The highest BCUT2D eigenvalue weighted by atomic mass is 32.1. The molecular weight excluding hydrogens is 721 g/mol. The van der Waals surface area contributed by atoms with Crippen LogP contribution < -0.4 is 20.3 Å². The van der Waals surface area contributed by atoms with Crippen LogP contribution in [0.3, 0.4) is 0 Å². The van der Waals surface area contributed by atoms with E-state index in [-0.39, 0.29) is 43.7 Å². The number of piperidine rings is 1. The lowest BCUT2D eigenvalue weighted by Crippen LogP contribution is -2.52. The molecule has 14 heteroatoms. The number of imide groups is 1. The van der Waals surface area contributed by atoms with Crippen molar-refractivity contribution in [1.82, 2.24) is 20.2 Å². The van der Waals surface area contributed by atoms with Gasteiger partial charge in [-0.15, -0.1) is 11.3 Å². The van der Waals surface area contributed by atoms with Gasteiger partial charge in [0.15, 0.2) is 0 Å². The quantitative estimate of drug-likeness (QED) is 0.102. The average Bonchev–Trinajstić information content (AvgIpc) is 3.74. The van der Waals surface area contributed by atoms with Gasteiger partial charge in [-0.25, -0.2) is 9.97 Å². The molecule has 1 atom stereocenters. The number of fused-ring (bicyclic) bond motifs is 2. The summed E-state index contributed by atoms with van der Waals surface area (Å²) in [5, 5.41) is 6.19. The number of nitrogens with one attached hydrogen (secondary N) is 2. The van der Waals surface area contributed by atoms with E-state index in [0.717, 1.165) is 48.9 Å². The molecule has 2 aliphatic heterocycles. The first-order valence-electron chi connectivity index (χ1n) is 18.1. The van der Waals surface area contributed by atoms with Gasteiger partial charge in [-0.3, -0.25) is 24.5 Å². The Morgan fingerprint density at radius 2 is 1.71 bits per heavy atom. The van der Waals surface area contributed by atoms with Gasteiger partial charge < -0.3 is 29.3 Å². The van der Waals surface area contributed by atoms with Gasteiger partial charge in [0.1, 0.15) is 29.2 Å². The number of hydrogen-bond acceptors (Lipinski definition) is 11. The standard InChI is InChI=1S/C41H42N6O7S/c1-25-20-26(27-5-12-36(42-23-27)46(2)3)4-8-31(25)40-44-33-10-6-29(22-35(33)55-40)43-38(49)14-15-52-16-17-53-18-19-54-30-7-9-32-28(21-30)24-47(41(32)51)34-11-13-37(48)45-39(34)50/h4-10,12,20-23,34H,11,13-19,24H2,1-3H3,(H,43,49)(H,45,48,50). The van der Waals surface area contributed by atoms with Crippen LogP contribution in [0.15, 0.2) is 72.9 Å². The summed E-state index contributed by atoms with van der Waals surface area (Å²) in [7, 11) is 3.95. The molecule has 2 aromatic heterocycles. The normalized spacial score (nSPS) is 15.3. The van der Waals surface area contributed by atoms with E-state index in [1.165, 1.54) is 4.90 Å². The number of hydrogen-bond donors (Lipinski definition) is 2. The number of anilines is 2. The minimum atomic E-state index is -0.655. The molecule has 7 rings (SSSR count). The molecule has 13 nitrogen and oxygen atoms in total. The highest BCUT2D eigenvalue weighted by Crippen LogP contribution is 2.35. The number of carbonyl (C=O) groups is 4. The molecule has 0 aliphatic carbocycles. The fourth-order valence-electron chi connectivity index (χ4n) is 6.59. The van der Waals surface area contributed by atoms with Crippen molar-refractivity contribution < 1.29 is 33.4 Å². The molecule has 2 N–H and O–H groups in total. The number of benzene rings is 3. The summed E-state index contributed by atoms with van der Waals surface area (Å²) in [4.78, 5) is 62.2. The number of thiazole rings is 1. The Morgan fingerprint density at radius 1 is 0.927 bits per heavy atom. The molecule has 0 saturated carbocycles. The van der Waals surface area contributed by atoms with E-state index >= 15 is 0 Å². The summed E-state index contributed by atoms with van der Waals surface area (Å²) in [6.07, 6.45) is 2.63. The Bertz CT molecular complexity index is 2240. The van der Waals surface area contributed by atoms with Crippen molar-refractivity contribution in [2.45, 2.75) is 38.8 Å². The largest absolute Gasteiger partial charge is 0.491 e. The fraction of sp³-hybridized carbons (Fsp3) is 0.317. The predicted octanol–water partition coefficient (Wildman–Crippen LogP) is 5.60. The molecule has 1 fully saturated rings. The zero-order chi connectivity index (χ0) is 38.5. The highest BCUT2D eigenvalue weighted by Gasteiger charge is 2.39. The van der Waals surface area contributed by atoms with Crippen LogP contribution in [0.25, 0.3) is 31.9 Å². The van der Waals surface area contributed by atoms with Gasteiger partial charge in [-0.05, 0) is 78.6 Å². The Kier molecular flexibility index (Phi) is 11.5. The van der Waals surface area contributed by atoms with Gasteiger partial charge in [0.05, 0.1) is 43.1 Å². The van der Waals surface area contributed by atoms with Crippen molar-refractivity contribution in [2.24, 2.45) is 0 Å². The number of amides is 4. The summed E-state index contributed by atoms with van der Waals surface area (Å²) in [6, 6.07) is 20.7. The van der Waals surface area contributed by atoms with Gasteiger partial charge in [0.25, 0.3) is 5.91 Å². The molecule has 4 amide bonds. The fourth-order valence-corrected chi connectivity index (χ4v) is 7.69. The van der Waals surface area contributed by atoms with Crippen LogP contribution in [-0.4, -0.2) is 91.7 Å². The van der Waals surface area contributed by atoms with Crippen LogP contribution in [0, 0.1) is 6.92 Å². The lowest BCUT2D eigenvalue weighted by Gasteiger charge is -2.29. The van der Waals surface area contributed by atoms with E-state index in [4.69, 9.17) is 19.2 Å². The molecule has 1 unspecified atom stereocenters. The van der Waals surface area contributed by atoms with Crippen molar-refractivity contribution >= 4 is 56.7 Å². The van der Waals surface area contributed by atoms with Crippen molar-refractivity contribution in [1.29, 1.82) is 0 Å². The second-order valence-electron chi connectivity index (χ2n) is 13.6. The minimum absolute atomic E-state index is 0.144. The van der Waals surface area contributed by atoms with E-state index in [1.54, 1.807) is 29.5 Å². The minimum Gasteiger partial charge on any atom is -0.491 e. The van der Waals surface area contributed by atoms with Crippen LogP contribution in [-0.2, 0) is 30.4 Å². The number of carbonyl (C=O) groups excluding carboxylic acids is 4. The summed E-state index contributed by atoms with van der Waals surface area (Å²) in [5.74, 6) is 0.389. The molecule has 1 saturated heterocycles. The molecule has 55 heavy (non-hydrogen) atoms. The third-order valence-corrected chi connectivity index (χ3v) is 10.6. The molecule has 0 spiro atoms. The van der Waals surface area contributed by atoms with E-state index in [0.29, 0.717) is 49.8 Å². The Labute approximate surface area is 322 Å². The number of ether oxygens (including phenoxy) is 3. The van der Waals surface area contributed by atoms with Crippen LogP contribution >= 0.6 is 11.3 Å². The summed E-state index contributed by atoms with van der Waals surface area (Å²) in [5.41, 5.74) is 7.24. The van der Waals surface area contributed by atoms with Crippen LogP contribution in [0.1, 0.15) is 40.7 Å². The third-order valence-electron chi connectivity index (χ3n) is 9.51. The van der Waals surface area contributed by atoms with Gasteiger partial charge in [0, 0.05) is 55.6 Å². The highest BCUT2D eigenvalue weighted by molar-refractivity contribution is 7.21. The van der Waals surface area contributed by atoms with Crippen LogP contribution in [0.5, 0.6) is 5.75 Å². The third kappa shape index (κ3) is 8.83. The Hall–Kier alpha value is -5.70. The van der Waals surface area contributed by atoms with Crippen molar-refractivity contribution in [3.8, 4) is 27.4 Å². The maximum Gasteiger partial charge on any atom is 0.255 e. The predicted molar refractivity (Wildman–Crippen MR) is 210 cm³/mol. The molecular formula is C41H42N6O7S. The van der Waals surface area contributed by atoms with Crippen LogP contribution in [0.2, 0.25) is 0 Å². The van der Waals surface area contributed by atoms with Crippen molar-refractivity contribution in [3.05, 3.63) is 89.6 Å². The lowest BCUT2D eigenvalue weighted by molar-refractivity contribution is -0.137. The number of nitrogens with zero attached hydrogens (tertiary/aromatic N) is 4. The second-order valence-corrected chi connectivity index (χ2v) is 14.7. The topological polar surface area (TPSA) is 152 Å². The number of rotatable bonds is 15. The monoisotopic (exact) mass is 762 g/mol. The SMILES string of the molecule is Cc1cc(-c2ccc(N(C)C)nc2)ccc1-c1nc2ccc(NC(=O)CCOCCOCCOc3ccc4c(c3)CN(C3CCC(=O)NC3=O)C4=O)cc2s1. The first kappa shape index (κ1) is 37.6. The lowest BCUT2D eigenvalue weighted by atomic mass is 10.0. The maximum atomic E-state index is 12.9. The molecule has 4 heterocycles. The molecule has 284 valence electrons. The molecule has 5 aromatic rings. The zero-order valence-corrected chi connectivity index (χ0v) is 31.7. The van der Waals surface area contributed by atoms with Gasteiger partial charge >= 0.3 is 0 Å². The molecule has 0 bridgehead atoms. The number of aryl methyl sites for hydroxylation is 1.